The van der Waals surface area contributed by atoms with E-state index in [0.29, 0.717) is 0 Å². The second-order valence-corrected chi connectivity index (χ2v) is 4.49. The molecule has 0 amide bonds. The summed E-state index contributed by atoms with van der Waals surface area (Å²) in [7, 11) is 1.74. The standard InChI is InChI=1S/C15H26N2O2/c1-18-14-12-17(10-5-9-16)11-6-13-19-15-7-3-2-4-8-15/h2-4,7-8H,5-6,9-14,16H2,1H3. The van der Waals surface area contributed by atoms with Crippen molar-refractivity contribution < 1.29 is 9.47 Å². The molecule has 0 aliphatic rings. The summed E-state index contributed by atoms with van der Waals surface area (Å²) in [6.07, 6.45) is 2.05. The molecule has 2 N–H and O–H groups in total. The first-order chi connectivity index (χ1) is 9.36. The van der Waals surface area contributed by atoms with Crippen LogP contribution in [0.1, 0.15) is 12.8 Å². The third-order valence-corrected chi connectivity index (χ3v) is 2.92. The number of nitrogens with two attached hydrogens (primary N) is 1. The maximum Gasteiger partial charge on any atom is 0.119 e. The highest BCUT2D eigenvalue weighted by Crippen LogP contribution is 2.08. The molecule has 19 heavy (non-hydrogen) atoms. The Balaban J connectivity index is 2.16. The van der Waals surface area contributed by atoms with Gasteiger partial charge in [0.2, 0.25) is 0 Å². The number of methoxy groups -OCH3 is 1. The third-order valence-electron chi connectivity index (χ3n) is 2.92. The van der Waals surface area contributed by atoms with E-state index in [1.165, 1.54) is 0 Å². The van der Waals surface area contributed by atoms with Crippen LogP contribution >= 0.6 is 0 Å². The number of rotatable bonds is 11. The lowest BCUT2D eigenvalue weighted by Gasteiger charge is -2.21. The molecule has 4 heteroatoms. The Morgan fingerprint density at radius 2 is 1.74 bits per heavy atom. The van der Waals surface area contributed by atoms with E-state index < -0.39 is 0 Å². The molecule has 0 fully saturated rings. The summed E-state index contributed by atoms with van der Waals surface area (Å²) in [4.78, 5) is 2.38. The van der Waals surface area contributed by atoms with Crippen LogP contribution in [-0.4, -0.2) is 51.4 Å². The Morgan fingerprint density at radius 1 is 1.00 bits per heavy atom. The Bertz CT molecular complexity index is 298. The minimum Gasteiger partial charge on any atom is -0.494 e. The van der Waals surface area contributed by atoms with Crippen LogP contribution in [0.3, 0.4) is 0 Å². The second-order valence-electron chi connectivity index (χ2n) is 4.49. The molecule has 0 radical (unpaired) electrons. The van der Waals surface area contributed by atoms with Crippen LogP contribution in [0, 0.1) is 0 Å². The van der Waals surface area contributed by atoms with Gasteiger partial charge in [-0.2, -0.15) is 0 Å². The molecule has 0 heterocycles. The Kier molecular flexibility index (Phi) is 9.06. The zero-order valence-corrected chi connectivity index (χ0v) is 11.9. The van der Waals surface area contributed by atoms with Crippen molar-refractivity contribution in [3.05, 3.63) is 30.3 Å². The molecule has 108 valence electrons. The van der Waals surface area contributed by atoms with Gasteiger partial charge in [0.05, 0.1) is 13.2 Å². The van der Waals surface area contributed by atoms with Gasteiger partial charge in [0.1, 0.15) is 5.75 Å². The molecule has 0 saturated carbocycles. The van der Waals surface area contributed by atoms with Crippen LogP contribution in [-0.2, 0) is 4.74 Å². The van der Waals surface area contributed by atoms with Gasteiger partial charge in [-0.1, -0.05) is 18.2 Å². The zero-order valence-electron chi connectivity index (χ0n) is 11.9. The van der Waals surface area contributed by atoms with E-state index in [9.17, 15) is 0 Å². The molecule has 0 atom stereocenters. The number of hydrogen-bond donors (Lipinski definition) is 1. The Hall–Kier alpha value is -1.10. The van der Waals surface area contributed by atoms with E-state index in [1.807, 2.05) is 30.3 Å². The van der Waals surface area contributed by atoms with Gasteiger partial charge < -0.3 is 20.1 Å². The fraction of sp³-hybridized carbons (Fsp3) is 0.600. The van der Waals surface area contributed by atoms with E-state index in [0.717, 1.165) is 58.0 Å². The van der Waals surface area contributed by atoms with Crippen molar-refractivity contribution in [2.45, 2.75) is 12.8 Å². The SMILES string of the molecule is COCCN(CCCN)CCCOc1ccccc1. The zero-order chi connectivity index (χ0) is 13.8. The molecule has 0 bridgehead atoms. The van der Waals surface area contributed by atoms with Crippen molar-refractivity contribution in [3.63, 3.8) is 0 Å². The van der Waals surface area contributed by atoms with Gasteiger partial charge in [-0.25, -0.2) is 0 Å². The first-order valence-corrected chi connectivity index (χ1v) is 6.96. The highest BCUT2D eigenvalue weighted by atomic mass is 16.5. The van der Waals surface area contributed by atoms with Crippen LogP contribution in [0.4, 0.5) is 0 Å². The second kappa shape index (κ2) is 10.8. The maximum atomic E-state index is 5.68. The van der Waals surface area contributed by atoms with E-state index >= 15 is 0 Å². The highest BCUT2D eigenvalue weighted by Gasteiger charge is 2.04. The number of ether oxygens (including phenoxy) is 2. The topological polar surface area (TPSA) is 47.7 Å². The molecule has 0 spiro atoms. The van der Waals surface area contributed by atoms with Crippen molar-refractivity contribution in [1.29, 1.82) is 0 Å². The summed E-state index contributed by atoms with van der Waals surface area (Å²) in [6, 6.07) is 9.93. The molecular weight excluding hydrogens is 240 g/mol. The van der Waals surface area contributed by atoms with Gasteiger partial charge in [0, 0.05) is 20.2 Å². The average Bonchev–Trinajstić information content (AvgIpc) is 2.46. The van der Waals surface area contributed by atoms with Gasteiger partial charge in [-0.05, 0) is 38.1 Å². The van der Waals surface area contributed by atoms with Gasteiger partial charge >= 0.3 is 0 Å². The predicted molar refractivity (Wildman–Crippen MR) is 78.5 cm³/mol. The first-order valence-electron chi connectivity index (χ1n) is 6.96. The quantitative estimate of drug-likeness (QED) is 0.620. The number of para-hydroxylation sites is 1. The molecule has 0 aromatic heterocycles. The number of nitrogens with zero attached hydrogens (tertiary/aromatic N) is 1. The molecule has 4 nitrogen and oxygen atoms in total. The minimum atomic E-state index is 0.740. The molecule has 0 aliphatic carbocycles. The van der Waals surface area contributed by atoms with Crippen molar-refractivity contribution >= 4 is 0 Å². The average molecular weight is 266 g/mol. The largest absolute Gasteiger partial charge is 0.494 e. The van der Waals surface area contributed by atoms with E-state index in [-0.39, 0.29) is 0 Å². The van der Waals surface area contributed by atoms with Crippen molar-refractivity contribution in [3.8, 4) is 5.75 Å². The summed E-state index contributed by atoms with van der Waals surface area (Å²) >= 11 is 0. The molecule has 0 aliphatic heterocycles. The summed E-state index contributed by atoms with van der Waals surface area (Å²) in [5.41, 5.74) is 5.55. The molecule has 0 unspecified atom stereocenters. The maximum absolute atomic E-state index is 5.68. The van der Waals surface area contributed by atoms with Crippen LogP contribution in [0.25, 0.3) is 0 Å². The fourth-order valence-corrected chi connectivity index (χ4v) is 1.87. The van der Waals surface area contributed by atoms with Crippen molar-refractivity contribution in [2.75, 3.05) is 46.5 Å². The third kappa shape index (κ3) is 7.82. The lowest BCUT2D eigenvalue weighted by Crippen LogP contribution is -2.31. The molecular formula is C15H26N2O2. The molecule has 1 rings (SSSR count). The molecule has 1 aromatic carbocycles. The van der Waals surface area contributed by atoms with E-state index in [1.54, 1.807) is 7.11 Å². The lowest BCUT2D eigenvalue weighted by molar-refractivity contribution is 0.142. The summed E-state index contributed by atoms with van der Waals surface area (Å²) in [6.45, 7) is 5.27. The monoisotopic (exact) mass is 266 g/mol. The van der Waals surface area contributed by atoms with E-state index in [4.69, 9.17) is 15.2 Å². The lowest BCUT2D eigenvalue weighted by atomic mass is 10.3. The summed E-state index contributed by atoms with van der Waals surface area (Å²) in [5, 5.41) is 0. The van der Waals surface area contributed by atoms with Crippen molar-refractivity contribution in [2.24, 2.45) is 5.73 Å². The molecule has 1 aromatic rings. The van der Waals surface area contributed by atoms with Gasteiger partial charge in [0.25, 0.3) is 0 Å². The predicted octanol–water partition coefficient (Wildman–Crippen LogP) is 1.75. The number of benzene rings is 1. The van der Waals surface area contributed by atoms with Crippen LogP contribution in [0.5, 0.6) is 5.75 Å². The van der Waals surface area contributed by atoms with Crippen LogP contribution in [0.15, 0.2) is 30.3 Å². The van der Waals surface area contributed by atoms with Gasteiger partial charge in [-0.3, -0.25) is 0 Å². The van der Waals surface area contributed by atoms with Gasteiger partial charge in [0.15, 0.2) is 0 Å². The van der Waals surface area contributed by atoms with Crippen LogP contribution in [0.2, 0.25) is 0 Å². The Labute approximate surface area is 116 Å². The number of hydrogen-bond acceptors (Lipinski definition) is 4. The summed E-state index contributed by atoms with van der Waals surface area (Å²) in [5.74, 6) is 0.938. The summed E-state index contributed by atoms with van der Waals surface area (Å²) < 4.78 is 10.8. The highest BCUT2D eigenvalue weighted by molar-refractivity contribution is 5.20. The van der Waals surface area contributed by atoms with Crippen LogP contribution < -0.4 is 10.5 Å². The smallest absolute Gasteiger partial charge is 0.119 e. The molecule has 0 saturated heterocycles. The minimum absolute atomic E-state index is 0.740. The Morgan fingerprint density at radius 3 is 2.42 bits per heavy atom. The van der Waals surface area contributed by atoms with Gasteiger partial charge in [-0.15, -0.1) is 0 Å². The fourth-order valence-electron chi connectivity index (χ4n) is 1.87. The van der Waals surface area contributed by atoms with Crippen molar-refractivity contribution in [1.82, 2.24) is 4.90 Å². The van der Waals surface area contributed by atoms with E-state index in [2.05, 4.69) is 4.90 Å². The normalized spacial score (nSPS) is 10.9. The first kappa shape index (κ1) is 16.0.